The Balaban J connectivity index is 2.31. The fraction of sp³-hybridized carbons (Fsp3) is 0.571. The van der Waals surface area contributed by atoms with E-state index in [1.807, 2.05) is 19.1 Å². The molecule has 1 aliphatic rings. The molecule has 0 atom stereocenters. The summed E-state index contributed by atoms with van der Waals surface area (Å²) in [6.45, 7) is 2.64. The summed E-state index contributed by atoms with van der Waals surface area (Å²) in [5.41, 5.74) is 1.75. The highest BCUT2D eigenvalue weighted by atomic mass is 16.6. The van der Waals surface area contributed by atoms with Gasteiger partial charge in [-0.15, -0.1) is 0 Å². The van der Waals surface area contributed by atoms with E-state index in [1.165, 1.54) is 6.42 Å². The second kappa shape index (κ2) is 6.02. The average Bonchev–Trinajstić information content (AvgIpc) is 2.32. The van der Waals surface area contributed by atoms with E-state index in [-0.39, 0.29) is 17.2 Å². The summed E-state index contributed by atoms with van der Waals surface area (Å²) < 4.78 is 0. The van der Waals surface area contributed by atoms with Crippen LogP contribution in [0.1, 0.15) is 31.2 Å². The minimum atomic E-state index is -0.313. The summed E-state index contributed by atoms with van der Waals surface area (Å²) in [6, 6.07) is 5.75. The van der Waals surface area contributed by atoms with Crippen molar-refractivity contribution in [2.75, 3.05) is 18.1 Å². The van der Waals surface area contributed by atoms with Crippen molar-refractivity contribution in [3.63, 3.8) is 0 Å². The summed E-state index contributed by atoms with van der Waals surface area (Å²) >= 11 is 0. The lowest BCUT2D eigenvalue weighted by Gasteiger charge is -2.39. The molecule has 0 amide bonds. The van der Waals surface area contributed by atoms with Gasteiger partial charge >= 0.3 is 0 Å². The zero-order valence-corrected chi connectivity index (χ0v) is 11.2. The van der Waals surface area contributed by atoms with Crippen molar-refractivity contribution >= 4 is 11.4 Å². The zero-order valence-electron chi connectivity index (χ0n) is 11.2. The molecule has 0 aliphatic heterocycles. The molecule has 0 unspecified atom stereocenters. The van der Waals surface area contributed by atoms with Gasteiger partial charge in [0, 0.05) is 25.3 Å². The lowest BCUT2D eigenvalue weighted by molar-refractivity contribution is -0.384. The quantitative estimate of drug-likeness (QED) is 0.633. The second-order valence-electron chi connectivity index (χ2n) is 5.10. The van der Waals surface area contributed by atoms with Crippen LogP contribution in [0.3, 0.4) is 0 Å². The number of rotatable bonds is 6. The first-order valence-electron chi connectivity index (χ1n) is 6.76. The van der Waals surface area contributed by atoms with Gasteiger partial charge in [0.1, 0.15) is 5.69 Å². The first-order valence-corrected chi connectivity index (χ1v) is 6.76. The predicted molar refractivity (Wildman–Crippen MR) is 74.5 cm³/mol. The van der Waals surface area contributed by atoms with E-state index < -0.39 is 0 Å². The first kappa shape index (κ1) is 13.8. The minimum absolute atomic E-state index is 0.114. The number of anilines is 1. The average molecular weight is 264 g/mol. The lowest BCUT2D eigenvalue weighted by Crippen LogP contribution is -2.41. The molecular weight excluding hydrogens is 244 g/mol. The zero-order chi connectivity index (χ0) is 13.8. The van der Waals surface area contributed by atoms with Crippen LogP contribution in [-0.4, -0.2) is 29.2 Å². The summed E-state index contributed by atoms with van der Waals surface area (Å²) in [5.74, 6) is 0. The van der Waals surface area contributed by atoms with Crippen molar-refractivity contribution in [3.05, 3.63) is 33.9 Å². The number of hydrogen-bond donors (Lipinski definition) is 1. The minimum Gasteiger partial charge on any atom is -0.396 e. The Labute approximate surface area is 113 Å². The van der Waals surface area contributed by atoms with Gasteiger partial charge in [0.05, 0.1) is 4.92 Å². The molecule has 104 valence electrons. The van der Waals surface area contributed by atoms with Crippen molar-refractivity contribution in [1.82, 2.24) is 0 Å². The Morgan fingerprint density at radius 1 is 1.47 bits per heavy atom. The molecule has 0 heterocycles. The lowest BCUT2D eigenvalue weighted by atomic mass is 9.90. The van der Waals surface area contributed by atoms with Crippen LogP contribution in [0.2, 0.25) is 0 Å². The van der Waals surface area contributed by atoms with E-state index in [0.717, 1.165) is 18.4 Å². The van der Waals surface area contributed by atoms with Crippen molar-refractivity contribution in [2.45, 2.75) is 38.6 Å². The number of aliphatic hydroxyl groups is 1. The maximum Gasteiger partial charge on any atom is 0.292 e. The molecule has 5 heteroatoms. The van der Waals surface area contributed by atoms with E-state index in [2.05, 4.69) is 4.90 Å². The Kier molecular flexibility index (Phi) is 4.37. The van der Waals surface area contributed by atoms with E-state index in [0.29, 0.717) is 24.7 Å². The third-order valence-electron chi connectivity index (χ3n) is 3.71. The third-order valence-corrected chi connectivity index (χ3v) is 3.71. The first-order chi connectivity index (χ1) is 9.13. The number of hydrogen-bond acceptors (Lipinski definition) is 4. The van der Waals surface area contributed by atoms with Crippen LogP contribution >= 0.6 is 0 Å². The molecule has 1 aliphatic carbocycles. The summed E-state index contributed by atoms with van der Waals surface area (Å²) in [6.07, 6.45) is 3.98. The number of aryl methyl sites for hydroxylation is 1. The highest BCUT2D eigenvalue weighted by Gasteiger charge is 2.29. The molecule has 1 saturated carbocycles. The van der Waals surface area contributed by atoms with Gasteiger partial charge in [0.15, 0.2) is 0 Å². The van der Waals surface area contributed by atoms with Crippen LogP contribution in [0.4, 0.5) is 11.4 Å². The predicted octanol–water partition coefficient (Wildman–Crippen LogP) is 2.64. The molecule has 1 aromatic carbocycles. The Morgan fingerprint density at radius 2 is 2.21 bits per heavy atom. The van der Waals surface area contributed by atoms with Crippen LogP contribution in [0.5, 0.6) is 0 Å². The molecule has 1 fully saturated rings. The van der Waals surface area contributed by atoms with E-state index in [4.69, 9.17) is 5.11 Å². The van der Waals surface area contributed by atoms with Gasteiger partial charge in [-0.2, -0.15) is 0 Å². The van der Waals surface area contributed by atoms with Crippen LogP contribution in [-0.2, 0) is 0 Å². The van der Waals surface area contributed by atoms with Crippen LogP contribution in [0.25, 0.3) is 0 Å². The molecule has 0 saturated heterocycles. The maximum absolute atomic E-state index is 11.2. The Morgan fingerprint density at radius 3 is 2.74 bits per heavy atom. The smallest absolute Gasteiger partial charge is 0.292 e. The third kappa shape index (κ3) is 3.04. The number of nitro groups is 1. The normalized spacial score (nSPS) is 15.1. The van der Waals surface area contributed by atoms with Crippen LogP contribution in [0, 0.1) is 17.0 Å². The molecule has 2 rings (SSSR count). The standard InChI is InChI=1S/C14H20N2O3/c1-11-6-7-13(14(10-11)16(18)19)15(8-3-9-17)12-4-2-5-12/h6-7,10,12,17H,2-5,8-9H2,1H3. The molecule has 0 spiro atoms. The summed E-state index contributed by atoms with van der Waals surface area (Å²) in [5, 5.41) is 20.2. The highest BCUT2D eigenvalue weighted by molar-refractivity contribution is 5.65. The van der Waals surface area contributed by atoms with E-state index in [9.17, 15) is 10.1 Å². The van der Waals surface area contributed by atoms with E-state index >= 15 is 0 Å². The molecule has 1 aromatic rings. The van der Waals surface area contributed by atoms with Crippen molar-refractivity contribution in [1.29, 1.82) is 0 Å². The molecule has 0 aromatic heterocycles. The van der Waals surface area contributed by atoms with Gasteiger partial charge in [-0.05, 0) is 44.2 Å². The van der Waals surface area contributed by atoms with Crippen molar-refractivity contribution < 1.29 is 10.0 Å². The van der Waals surface area contributed by atoms with Gasteiger partial charge in [-0.25, -0.2) is 0 Å². The second-order valence-corrected chi connectivity index (χ2v) is 5.10. The molecule has 5 nitrogen and oxygen atoms in total. The summed E-state index contributed by atoms with van der Waals surface area (Å²) in [7, 11) is 0. The van der Waals surface area contributed by atoms with Crippen LogP contribution in [0.15, 0.2) is 18.2 Å². The van der Waals surface area contributed by atoms with Gasteiger partial charge in [-0.3, -0.25) is 10.1 Å². The van der Waals surface area contributed by atoms with Gasteiger partial charge in [0.25, 0.3) is 5.69 Å². The number of benzene rings is 1. The van der Waals surface area contributed by atoms with Crippen molar-refractivity contribution in [3.8, 4) is 0 Å². The fourth-order valence-corrected chi connectivity index (χ4v) is 2.46. The Bertz CT molecular complexity index is 458. The Hall–Kier alpha value is -1.62. The largest absolute Gasteiger partial charge is 0.396 e. The fourth-order valence-electron chi connectivity index (χ4n) is 2.46. The topological polar surface area (TPSA) is 66.6 Å². The number of nitro benzene ring substituents is 1. The van der Waals surface area contributed by atoms with Gasteiger partial charge in [0.2, 0.25) is 0 Å². The molecule has 0 radical (unpaired) electrons. The maximum atomic E-state index is 11.2. The molecule has 19 heavy (non-hydrogen) atoms. The summed E-state index contributed by atoms with van der Waals surface area (Å²) in [4.78, 5) is 13.0. The SMILES string of the molecule is Cc1ccc(N(CCCO)C2CCC2)c([N+](=O)[O-])c1. The molecule has 0 bridgehead atoms. The van der Waals surface area contributed by atoms with Crippen LogP contribution < -0.4 is 4.90 Å². The number of nitrogens with zero attached hydrogens (tertiary/aromatic N) is 2. The number of aliphatic hydroxyl groups excluding tert-OH is 1. The van der Waals surface area contributed by atoms with E-state index in [1.54, 1.807) is 6.07 Å². The monoisotopic (exact) mass is 264 g/mol. The molecule has 1 N–H and O–H groups in total. The van der Waals surface area contributed by atoms with Crippen molar-refractivity contribution in [2.24, 2.45) is 0 Å². The molecular formula is C14H20N2O3. The van der Waals surface area contributed by atoms with Gasteiger partial charge in [-0.1, -0.05) is 6.07 Å². The highest BCUT2D eigenvalue weighted by Crippen LogP contribution is 2.35. The van der Waals surface area contributed by atoms with Gasteiger partial charge < -0.3 is 10.0 Å².